The van der Waals surface area contributed by atoms with E-state index in [4.69, 9.17) is 19.9 Å². The zero-order valence-electron chi connectivity index (χ0n) is 15.1. The molecule has 4 heterocycles. The molecule has 0 saturated heterocycles. The third kappa shape index (κ3) is 5.72. The molecule has 0 amide bonds. The average molecular weight is 530 g/mol. The van der Waals surface area contributed by atoms with E-state index in [1.54, 1.807) is 18.3 Å². The van der Waals surface area contributed by atoms with Crippen molar-refractivity contribution in [3.05, 3.63) is 62.2 Å². The Hall–Kier alpha value is -2.08. The molecule has 11 heteroatoms. The molecule has 0 radical (unpaired) electrons. The molecule has 9 nitrogen and oxygen atoms in total. The molecular weight excluding hydrogens is 512 g/mol. The predicted molar refractivity (Wildman–Crippen MR) is 111 cm³/mol. The Morgan fingerprint density at radius 1 is 0.966 bits per heavy atom. The fourth-order valence-electron chi connectivity index (χ4n) is 2.58. The fraction of sp³-hybridized carbons (Fsp3) is 0.333. The predicted octanol–water partition coefficient (Wildman–Crippen LogP) is 1.90. The Kier molecular flexibility index (Phi) is 7.53. The highest BCUT2D eigenvalue weighted by Crippen LogP contribution is 2.17. The first kappa shape index (κ1) is 21.6. The lowest BCUT2D eigenvalue weighted by molar-refractivity contribution is -0.607. The van der Waals surface area contributed by atoms with Crippen LogP contribution in [0.1, 0.15) is 24.2 Å². The lowest BCUT2D eigenvalue weighted by Crippen LogP contribution is -2.34. The van der Waals surface area contributed by atoms with Gasteiger partial charge in [-0.15, -0.1) is 0 Å². The van der Waals surface area contributed by atoms with Gasteiger partial charge < -0.3 is 25.1 Å². The first-order chi connectivity index (χ1) is 14.0. The number of hydrogen-bond donors (Lipinski definition) is 2. The van der Waals surface area contributed by atoms with Crippen LogP contribution in [0.15, 0.2) is 55.9 Å². The lowest BCUT2D eigenvalue weighted by Gasteiger charge is -2.03. The van der Waals surface area contributed by atoms with Gasteiger partial charge in [-0.3, -0.25) is 4.98 Å². The molecule has 4 rings (SSSR count). The van der Waals surface area contributed by atoms with E-state index in [0.29, 0.717) is 28.7 Å². The fourth-order valence-corrected chi connectivity index (χ4v) is 3.13. The Morgan fingerprint density at radius 2 is 1.59 bits per heavy atom. The van der Waals surface area contributed by atoms with Crippen molar-refractivity contribution in [1.82, 2.24) is 4.98 Å². The van der Waals surface area contributed by atoms with Gasteiger partial charge in [-0.25, -0.2) is 0 Å². The van der Waals surface area contributed by atoms with Crippen molar-refractivity contribution in [2.45, 2.75) is 25.0 Å². The first-order valence-corrected chi connectivity index (χ1v) is 10.3. The van der Waals surface area contributed by atoms with Crippen molar-refractivity contribution < 1.29 is 24.6 Å². The van der Waals surface area contributed by atoms with Crippen LogP contribution in [0, 0.1) is 5.21 Å². The SMILES string of the molecule is OCC1CC(c2ccc(Br)cn2)=NO1.[O-][n+]1cc(Br)ccc1C1=NOC(CO)C1. The molecule has 2 aromatic heterocycles. The van der Waals surface area contributed by atoms with E-state index in [9.17, 15) is 5.21 Å². The van der Waals surface area contributed by atoms with Gasteiger partial charge in [-0.2, -0.15) is 4.73 Å². The molecule has 0 bridgehead atoms. The molecule has 0 aliphatic carbocycles. The zero-order valence-corrected chi connectivity index (χ0v) is 18.3. The smallest absolute Gasteiger partial charge is 0.241 e. The van der Waals surface area contributed by atoms with Crippen LogP contribution >= 0.6 is 31.9 Å². The van der Waals surface area contributed by atoms with Crippen LogP contribution in [0.2, 0.25) is 0 Å². The van der Waals surface area contributed by atoms with Crippen molar-refractivity contribution in [2.24, 2.45) is 10.3 Å². The summed E-state index contributed by atoms with van der Waals surface area (Å²) in [6.45, 7) is -0.105. The van der Waals surface area contributed by atoms with E-state index in [1.807, 2.05) is 12.1 Å². The molecule has 2 aliphatic rings. The third-order valence-corrected chi connectivity index (χ3v) is 5.01. The molecular formula is C18H18Br2N4O5. The molecule has 29 heavy (non-hydrogen) atoms. The molecule has 2 unspecified atom stereocenters. The summed E-state index contributed by atoms with van der Waals surface area (Å²) >= 11 is 6.50. The van der Waals surface area contributed by atoms with E-state index in [2.05, 4.69) is 47.2 Å². The summed E-state index contributed by atoms with van der Waals surface area (Å²) in [5, 5.41) is 36.8. The lowest BCUT2D eigenvalue weighted by atomic mass is 10.1. The van der Waals surface area contributed by atoms with Gasteiger partial charge in [-0.05, 0) is 50.1 Å². The topological polar surface area (TPSA) is 123 Å². The van der Waals surface area contributed by atoms with Gasteiger partial charge in [0.25, 0.3) is 0 Å². The van der Waals surface area contributed by atoms with Crippen LogP contribution in [0.3, 0.4) is 0 Å². The van der Waals surface area contributed by atoms with E-state index >= 15 is 0 Å². The highest BCUT2D eigenvalue weighted by molar-refractivity contribution is 9.10. The monoisotopic (exact) mass is 528 g/mol. The van der Waals surface area contributed by atoms with E-state index in [-0.39, 0.29) is 25.4 Å². The van der Waals surface area contributed by atoms with Crippen LogP contribution in [0.4, 0.5) is 0 Å². The maximum absolute atomic E-state index is 11.5. The minimum absolute atomic E-state index is 0.0104. The molecule has 2 N–H and O–H groups in total. The second kappa shape index (κ2) is 10.1. The van der Waals surface area contributed by atoms with Crippen molar-refractivity contribution in [3.8, 4) is 0 Å². The van der Waals surface area contributed by atoms with Gasteiger partial charge in [0.2, 0.25) is 5.69 Å². The summed E-state index contributed by atoms with van der Waals surface area (Å²) in [4.78, 5) is 14.1. The number of pyridine rings is 2. The van der Waals surface area contributed by atoms with Crippen LogP contribution in [-0.4, -0.2) is 52.0 Å². The number of aliphatic hydroxyl groups is 2. The van der Waals surface area contributed by atoms with Crippen LogP contribution in [-0.2, 0) is 9.68 Å². The summed E-state index contributed by atoms with van der Waals surface area (Å²) in [7, 11) is 0. The number of aromatic nitrogens is 2. The maximum Gasteiger partial charge on any atom is 0.241 e. The van der Waals surface area contributed by atoms with E-state index < -0.39 is 0 Å². The largest absolute Gasteiger partial charge is 0.618 e. The van der Waals surface area contributed by atoms with Crippen molar-refractivity contribution in [3.63, 3.8) is 0 Å². The highest BCUT2D eigenvalue weighted by atomic mass is 79.9. The van der Waals surface area contributed by atoms with Gasteiger partial charge >= 0.3 is 0 Å². The number of nitrogens with zero attached hydrogens (tertiary/aromatic N) is 4. The molecule has 0 fully saturated rings. The molecule has 2 atom stereocenters. The molecule has 2 aromatic rings. The van der Waals surface area contributed by atoms with Crippen molar-refractivity contribution >= 4 is 43.3 Å². The Bertz CT molecular complexity index is 908. The van der Waals surface area contributed by atoms with Gasteiger partial charge in [-0.1, -0.05) is 10.3 Å². The number of oxime groups is 2. The molecule has 154 valence electrons. The molecule has 0 saturated carbocycles. The third-order valence-electron chi connectivity index (χ3n) is 4.07. The standard InChI is InChI=1S/C9H9BrN2O3.C9H9BrN2O2/c10-6-1-2-9(12(14)4-6)8-3-7(5-13)15-11-8;10-6-1-2-8(11-4-6)9-3-7(5-13)14-12-9/h1-2,4,7,13H,3,5H2;1-2,4,7,13H,3,5H2. The number of hydrogen-bond acceptors (Lipinski definition) is 8. The van der Waals surface area contributed by atoms with Crippen LogP contribution in [0.25, 0.3) is 0 Å². The van der Waals surface area contributed by atoms with Gasteiger partial charge in [0.1, 0.15) is 5.71 Å². The highest BCUT2D eigenvalue weighted by Gasteiger charge is 2.26. The van der Waals surface area contributed by atoms with E-state index in [1.165, 1.54) is 6.20 Å². The van der Waals surface area contributed by atoms with Crippen LogP contribution < -0.4 is 4.73 Å². The van der Waals surface area contributed by atoms with Crippen molar-refractivity contribution in [1.29, 1.82) is 0 Å². The summed E-state index contributed by atoms with van der Waals surface area (Å²) in [5.41, 5.74) is 2.60. The summed E-state index contributed by atoms with van der Waals surface area (Å²) < 4.78 is 2.37. The van der Waals surface area contributed by atoms with E-state index in [0.717, 1.165) is 20.6 Å². The maximum atomic E-state index is 11.5. The van der Waals surface area contributed by atoms with Gasteiger partial charge in [0.05, 0.1) is 23.4 Å². The van der Waals surface area contributed by atoms with Gasteiger partial charge in [0, 0.05) is 29.6 Å². The normalized spacial score (nSPS) is 20.1. The minimum atomic E-state index is -0.330. The van der Waals surface area contributed by atoms with Crippen molar-refractivity contribution in [2.75, 3.05) is 13.2 Å². The Labute approximate surface area is 183 Å². The summed E-state index contributed by atoms with van der Waals surface area (Å²) in [5.74, 6) is 0. The van der Waals surface area contributed by atoms with Gasteiger partial charge in [0.15, 0.2) is 24.1 Å². The Morgan fingerprint density at radius 3 is 2.14 bits per heavy atom. The average Bonchev–Trinajstić information content (AvgIpc) is 3.38. The minimum Gasteiger partial charge on any atom is -0.618 e. The molecule has 0 aromatic carbocycles. The van der Waals surface area contributed by atoms with Crippen LogP contribution in [0.5, 0.6) is 0 Å². The zero-order chi connectivity index (χ0) is 20.8. The summed E-state index contributed by atoms with van der Waals surface area (Å²) in [6.07, 6.45) is 3.65. The molecule has 0 spiro atoms. The summed E-state index contributed by atoms with van der Waals surface area (Å²) in [6, 6.07) is 7.20. The quantitative estimate of drug-likeness (QED) is 0.460. The Balaban J connectivity index is 0.000000166. The number of rotatable bonds is 4. The number of halogens is 2. The number of aliphatic hydroxyl groups excluding tert-OH is 2. The molecule has 2 aliphatic heterocycles. The first-order valence-electron chi connectivity index (χ1n) is 8.68. The second-order valence-corrected chi connectivity index (χ2v) is 8.06. The second-order valence-electron chi connectivity index (χ2n) is 6.22.